The number of piperazine rings is 1. The van der Waals surface area contributed by atoms with Crippen molar-refractivity contribution in [2.75, 3.05) is 44.2 Å². The first kappa shape index (κ1) is 15.5. The second-order valence-corrected chi connectivity index (χ2v) is 8.00. The van der Waals surface area contributed by atoms with Crippen molar-refractivity contribution in [1.82, 2.24) is 10.2 Å². The molecular weight excluding hydrogens is 314 g/mol. The number of anilines is 1. The molecule has 2 heterocycles. The molecule has 5 nitrogen and oxygen atoms in total. The van der Waals surface area contributed by atoms with Crippen molar-refractivity contribution in [2.24, 2.45) is 5.92 Å². The Hall–Kier alpha value is -1.75. The van der Waals surface area contributed by atoms with Crippen molar-refractivity contribution in [2.45, 2.75) is 37.6 Å². The molecule has 1 aromatic carbocycles. The molecule has 1 amide bonds. The Morgan fingerprint density at radius 3 is 2.76 bits per heavy atom. The molecule has 1 N–H and O–H groups in total. The minimum Gasteiger partial charge on any atom is -0.449 e. The van der Waals surface area contributed by atoms with Crippen molar-refractivity contribution < 1.29 is 9.53 Å². The fourth-order valence-electron chi connectivity index (χ4n) is 4.66. The zero-order valence-corrected chi connectivity index (χ0v) is 14.7. The summed E-state index contributed by atoms with van der Waals surface area (Å²) in [4.78, 5) is 17.0. The van der Waals surface area contributed by atoms with Crippen LogP contribution in [0.1, 0.15) is 48.8 Å². The van der Waals surface area contributed by atoms with Crippen LogP contribution >= 0.6 is 0 Å². The topological polar surface area (TPSA) is 44.8 Å². The molecular formula is C20H27N3O2. The van der Waals surface area contributed by atoms with Crippen LogP contribution in [0.3, 0.4) is 0 Å². The Bertz CT molecular complexity index is 667. The molecule has 134 valence electrons. The van der Waals surface area contributed by atoms with E-state index in [0.29, 0.717) is 18.4 Å². The van der Waals surface area contributed by atoms with Gasteiger partial charge in [0.2, 0.25) is 0 Å². The van der Waals surface area contributed by atoms with E-state index in [0.717, 1.165) is 45.6 Å². The van der Waals surface area contributed by atoms with Gasteiger partial charge in [-0.15, -0.1) is 0 Å². The third kappa shape index (κ3) is 2.88. The highest BCUT2D eigenvalue weighted by molar-refractivity contribution is 5.70. The lowest BCUT2D eigenvalue weighted by Gasteiger charge is -2.33. The molecule has 2 saturated heterocycles. The molecule has 2 aliphatic heterocycles. The van der Waals surface area contributed by atoms with E-state index >= 15 is 0 Å². The SMILES string of the molecule is O=C(OCC1CC1)N1CC[C@H]2CC1c1cc(N3CCNCC3)ccc12. The number of benzene rings is 1. The van der Waals surface area contributed by atoms with E-state index < -0.39 is 0 Å². The average molecular weight is 341 g/mol. The van der Waals surface area contributed by atoms with Gasteiger partial charge in [-0.25, -0.2) is 4.79 Å². The Morgan fingerprint density at radius 2 is 1.96 bits per heavy atom. The lowest BCUT2D eigenvalue weighted by molar-refractivity contribution is 0.0714. The van der Waals surface area contributed by atoms with Crippen LogP contribution < -0.4 is 10.2 Å². The highest BCUT2D eigenvalue weighted by Gasteiger charge is 2.42. The zero-order valence-electron chi connectivity index (χ0n) is 14.7. The van der Waals surface area contributed by atoms with E-state index in [1.807, 2.05) is 4.90 Å². The molecule has 4 aliphatic rings. The van der Waals surface area contributed by atoms with E-state index in [1.54, 1.807) is 0 Å². The average Bonchev–Trinajstić information content (AvgIpc) is 3.46. The van der Waals surface area contributed by atoms with Crippen molar-refractivity contribution >= 4 is 11.8 Å². The van der Waals surface area contributed by atoms with Gasteiger partial charge in [-0.2, -0.15) is 0 Å². The van der Waals surface area contributed by atoms with Crippen molar-refractivity contribution in [3.8, 4) is 0 Å². The molecule has 1 saturated carbocycles. The number of carbonyl (C=O) groups is 1. The van der Waals surface area contributed by atoms with Crippen LogP contribution in [0.25, 0.3) is 0 Å². The second kappa shape index (κ2) is 6.20. The number of fused-ring (bicyclic) bond motifs is 5. The summed E-state index contributed by atoms with van der Waals surface area (Å²) in [6.07, 6.45) is 4.47. The molecule has 5 rings (SSSR count). The van der Waals surface area contributed by atoms with E-state index in [-0.39, 0.29) is 12.1 Å². The minimum atomic E-state index is -0.101. The fourth-order valence-corrected chi connectivity index (χ4v) is 4.66. The van der Waals surface area contributed by atoms with E-state index in [4.69, 9.17) is 4.74 Å². The maximum Gasteiger partial charge on any atom is 0.410 e. The molecule has 5 heteroatoms. The van der Waals surface area contributed by atoms with E-state index in [2.05, 4.69) is 28.4 Å². The minimum absolute atomic E-state index is 0.101. The summed E-state index contributed by atoms with van der Waals surface area (Å²) < 4.78 is 5.59. The summed E-state index contributed by atoms with van der Waals surface area (Å²) in [7, 11) is 0. The van der Waals surface area contributed by atoms with Gasteiger partial charge in [-0.3, -0.25) is 0 Å². The molecule has 2 atom stereocenters. The van der Waals surface area contributed by atoms with Gasteiger partial charge in [0.15, 0.2) is 0 Å². The number of ether oxygens (including phenoxy) is 1. The van der Waals surface area contributed by atoms with Crippen LogP contribution in [0.2, 0.25) is 0 Å². The highest BCUT2D eigenvalue weighted by Crippen LogP contribution is 2.50. The molecule has 2 aliphatic carbocycles. The monoisotopic (exact) mass is 341 g/mol. The van der Waals surface area contributed by atoms with E-state index in [1.165, 1.54) is 29.7 Å². The number of carbonyl (C=O) groups excluding carboxylic acids is 1. The smallest absolute Gasteiger partial charge is 0.410 e. The van der Waals surface area contributed by atoms with Gasteiger partial charge in [0.1, 0.15) is 0 Å². The predicted octanol–water partition coefficient (Wildman–Crippen LogP) is 2.88. The number of amides is 1. The first-order valence-corrected chi connectivity index (χ1v) is 9.82. The van der Waals surface area contributed by atoms with Crippen LogP contribution in [-0.4, -0.2) is 50.3 Å². The van der Waals surface area contributed by atoms with Crippen molar-refractivity contribution in [3.05, 3.63) is 29.3 Å². The van der Waals surface area contributed by atoms with Gasteiger partial charge in [-0.05, 0) is 60.8 Å². The van der Waals surface area contributed by atoms with Crippen molar-refractivity contribution in [1.29, 1.82) is 0 Å². The largest absolute Gasteiger partial charge is 0.449 e. The number of hydrogen-bond donors (Lipinski definition) is 1. The summed E-state index contributed by atoms with van der Waals surface area (Å²) >= 11 is 0. The van der Waals surface area contributed by atoms with Crippen LogP contribution in [-0.2, 0) is 4.74 Å². The lowest BCUT2D eigenvalue weighted by Crippen LogP contribution is -2.43. The number of nitrogens with one attached hydrogen (secondary N) is 1. The highest BCUT2D eigenvalue weighted by atomic mass is 16.6. The molecule has 0 radical (unpaired) electrons. The van der Waals surface area contributed by atoms with Gasteiger partial charge < -0.3 is 19.9 Å². The van der Waals surface area contributed by atoms with Crippen LogP contribution in [0, 0.1) is 5.92 Å². The zero-order chi connectivity index (χ0) is 16.8. The normalized spacial score (nSPS) is 28.0. The molecule has 0 aromatic heterocycles. The standard InChI is InChI=1S/C20H27N3O2/c24-20(25-13-14-1-2-14)23-8-5-15-11-19(23)18-12-16(3-4-17(15)18)22-9-6-21-7-10-22/h3-4,12,14-15,19,21H,1-2,5-11,13H2/t15-,19?/m0/s1. The van der Waals surface area contributed by atoms with E-state index in [9.17, 15) is 4.79 Å². The summed E-state index contributed by atoms with van der Waals surface area (Å²) in [5.41, 5.74) is 4.13. The third-order valence-corrected chi connectivity index (χ3v) is 6.33. The summed E-state index contributed by atoms with van der Waals surface area (Å²) in [5, 5.41) is 3.41. The Labute approximate surface area is 149 Å². The number of nitrogens with zero attached hydrogens (tertiary/aromatic N) is 2. The molecule has 0 spiro atoms. The Kier molecular flexibility index (Phi) is 3.85. The Morgan fingerprint density at radius 1 is 1.12 bits per heavy atom. The summed E-state index contributed by atoms with van der Waals surface area (Å²) in [6.45, 7) is 5.64. The number of piperidine rings is 1. The van der Waals surface area contributed by atoms with Crippen LogP contribution in [0.4, 0.5) is 10.5 Å². The second-order valence-electron chi connectivity index (χ2n) is 8.00. The summed E-state index contributed by atoms with van der Waals surface area (Å²) in [5.74, 6) is 1.24. The molecule has 1 unspecified atom stereocenters. The molecule has 2 bridgehead atoms. The van der Waals surface area contributed by atoms with Crippen molar-refractivity contribution in [3.63, 3.8) is 0 Å². The van der Waals surface area contributed by atoms with Gasteiger partial charge in [0.25, 0.3) is 0 Å². The number of likely N-dealkylation sites (tertiary alicyclic amines) is 1. The Balaban J connectivity index is 1.37. The van der Waals surface area contributed by atoms with Crippen LogP contribution in [0.15, 0.2) is 18.2 Å². The fraction of sp³-hybridized carbons (Fsp3) is 0.650. The molecule has 1 aromatic rings. The lowest BCUT2D eigenvalue weighted by atomic mass is 9.96. The molecule has 3 fully saturated rings. The van der Waals surface area contributed by atoms with Gasteiger partial charge in [0.05, 0.1) is 12.6 Å². The van der Waals surface area contributed by atoms with Crippen LogP contribution in [0.5, 0.6) is 0 Å². The molecule has 25 heavy (non-hydrogen) atoms. The summed E-state index contributed by atoms with van der Waals surface area (Å²) in [6, 6.07) is 7.15. The first-order valence-electron chi connectivity index (χ1n) is 9.82. The van der Waals surface area contributed by atoms with Gasteiger partial charge >= 0.3 is 6.09 Å². The maximum absolute atomic E-state index is 12.6. The predicted molar refractivity (Wildman–Crippen MR) is 97.0 cm³/mol. The quantitative estimate of drug-likeness (QED) is 0.918. The van der Waals surface area contributed by atoms with Gasteiger partial charge in [0, 0.05) is 38.4 Å². The third-order valence-electron chi connectivity index (χ3n) is 6.33. The maximum atomic E-state index is 12.6. The number of hydrogen-bond acceptors (Lipinski definition) is 4. The first-order chi connectivity index (χ1) is 12.3. The number of rotatable bonds is 3. The van der Waals surface area contributed by atoms with Gasteiger partial charge in [-0.1, -0.05) is 6.07 Å².